The molecule has 0 bridgehead atoms. The second kappa shape index (κ2) is 7.36. The molecule has 0 spiro atoms. The molecule has 0 fully saturated rings. The number of carbonyl (C=O) groups excluding carboxylic acids is 1. The molecule has 0 heterocycles. The number of aliphatic carboxylic acids is 1. The summed E-state index contributed by atoms with van der Waals surface area (Å²) in [5.74, 6) is -0.986. The fourth-order valence-corrected chi connectivity index (χ4v) is 1.62. The lowest BCUT2D eigenvalue weighted by Crippen LogP contribution is -2.51. The predicted molar refractivity (Wildman–Crippen MR) is 71.4 cm³/mol. The Kier molecular flexibility index (Phi) is 6.91. The van der Waals surface area contributed by atoms with Gasteiger partial charge >= 0.3 is 5.97 Å². The van der Waals surface area contributed by atoms with Crippen LogP contribution in [0.1, 0.15) is 41.0 Å². The number of nitrogens with one attached hydrogen (secondary N) is 1. The van der Waals surface area contributed by atoms with Crippen LogP contribution >= 0.6 is 0 Å². The zero-order valence-electron chi connectivity index (χ0n) is 12.2. The summed E-state index contributed by atoms with van der Waals surface area (Å²) in [6, 6.07) is -0.904. The molecule has 0 radical (unpaired) electrons. The Hall–Kier alpha value is -1.10. The summed E-state index contributed by atoms with van der Waals surface area (Å²) in [5, 5.41) is 11.7. The Morgan fingerprint density at radius 1 is 1.17 bits per heavy atom. The fourth-order valence-electron chi connectivity index (χ4n) is 1.62. The fraction of sp³-hybridized carbons (Fsp3) is 0.846. The minimum atomic E-state index is -0.976. The van der Waals surface area contributed by atoms with Crippen molar-refractivity contribution >= 4 is 11.9 Å². The van der Waals surface area contributed by atoms with Crippen LogP contribution in [0.2, 0.25) is 0 Å². The highest BCUT2D eigenvalue weighted by molar-refractivity contribution is 5.86. The van der Waals surface area contributed by atoms with E-state index in [0.717, 1.165) is 0 Å². The lowest BCUT2D eigenvalue weighted by Gasteiger charge is -2.28. The first-order valence-corrected chi connectivity index (χ1v) is 6.41. The summed E-state index contributed by atoms with van der Waals surface area (Å²) < 4.78 is 0. The summed E-state index contributed by atoms with van der Waals surface area (Å²) in [5.41, 5.74) is 0. The van der Waals surface area contributed by atoms with Gasteiger partial charge in [-0.3, -0.25) is 9.69 Å². The van der Waals surface area contributed by atoms with Crippen LogP contribution in [-0.4, -0.2) is 47.1 Å². The van der Waals surface area contributed by atoms with Gasteiger partial charge in [-0.25, -0.2) is 4.79 Å². The number of hydrogen-bond acceptors (Lipinski definition) is 3. The molecule has 1 amide bonds. The van der Waals surface area contributed by atoms with Crippen LogP contribution in [0.25, 0.3) is 0 Å². The minimum absolute atomic E-state index is 0.226. The monoisotopic (exact) mass is 258 g/mol. The molecule has 0 aromatic heterocycles. The van der Waals surface area contributed by atoms with Gasteiger partial charge in [0.1, 0.15) is 6.04 Å². The quantitative estimate of drug-likeness (QED) is 0.723. The second-order valence-corrected chi connectivity index (χ2v) is 5.46. The highest BCUT2D eigenvalue weighted by Crippen LogP contribution is 2.07. The number of rotatable bonds is 7. The molecule has 2 N–H and O–H groups in total. The topological polar surface area (TPSA) is 69.6 Å². The third kappa shape index (κ3) is 5.49. The van der Waals surface area contributed by atoms with Crippen LogP contribution in [0.4, 0.5) is 0 Å². The summed E-state index contributed by atoms with van der Waals surface area (Å²) in [4.78, 5) is 24.9. The molecule has 0 saturated heterocycles. The van der Waals surface area contributed by atoms with Crippen molar-refractivity contribution in [2.24, 2.45) is 5.92 Å². The van der Waals surface area contributed by atoms with Crippen molar-refractivity contribution in [1.29, 1.82) is 0 Å². The van der Waals surface area contributed by atoms with E-state index in [0.29, 0.717) is 6.42 Å². The van der Waals surface area contributed by atoms with E-state index in [9.17, 15) is 9.59 Å². The molecule has 5 heteroatoms. The van der Waals surface area contributed by atoms with E-state index in [-0.39, 0.29) is 23.9 Å². The maximum absolute atomic E-state index is 12.0. The molecule has 2 atom stereocenters. The van der Waals surface area contributed by atoms with Crippen LogP contribution in [0, 0.1) is 5.92 Å². The largest absolute Gasteiger partial charge is 0.480 e. The van der Waals surface area contributed by atoms with E-state index >= 15 is 0 Å². The average molecular weight is 258 g/mol. The summed E-state index contributed by atoms with van der Waals surface area (Å²) in [6.45, 7) is 9.64. The zero-order chi connectivity index (χ0) is 14.5. The van der Waals surface area contributed by atoms with Crippen LogP contribution in [-0.2, 0) is 9.59 Å². The van der Waals surface area contributed by atoms with Crippen LogP contribution in [0.15, 0.2) is 0 Å². The Labute approximate surface area is 110 Å². The van der Waals surface area contributed by atoms with Gasteiger partial charge in [-0.2, -0.15) is 0 Å². The van der Waals surface area contributed by atoms with Gasteiger partial charge in [0.15, 0.2) is 0 Å². The highest BCUT2D eigenvalue weighted by atomic mass is 16.4. The molecule has 0 aliphatic heterocycles. The Bertz CT molecular complexity index is 290. The molecule has 5 nitrogen and oxygen atoms in total. The SMILES string of the molecule is CC(C)CC(NC(=O)C(C)N(C)C(C)C)C(=O)O. The predicted octanol–water partition coefficient (Wildman–Crippen LogP) is 1.33. The van der Waals surface area contributed by atoms with Crippen molar-refractivity contribution in [3.8, 4) is 0 Å². The molecule has 0 aromatic rings. The lowest BCUT2D eigenvalue weighted by molar-refractivity contribution is -0.143. The van der Waals surface area contributed by atoms with Gasteiger partial charge in [0.05, 0.1) is 6.04 Å². The van der Waals surface area contributed by atoms with Crippen molar-refractivity contribution in [3.05, 3.63) is 0 Å². The van der Waals surface area contributed by atoms with E-state index in [1.54, 1.807) is 6.92 Å². The van der Waals surface area contributed by atoms with E-state index in [4.69, 9.17) is 5.11 Å². The van der Waals surface area contributed by atoms with Gasteiger partial charge in [0.2, 0.25) is 5.91 Å². The van der Waals surface area contributed by atoms with Crippen LogP contribution < -0.4 is 5.32 Å². The van der Waals surface area contributed by atoms with Gasteiger partial charge in [-0.05, 0) is 40.2 Å². The van der Waals surface area contributed by atoms with Gasteiger partial charge in [0.25, 0.3) is 0 Å². The van der Waals surface area contributed by atoms with Crippen LogP contribution in [0.3, 0.4) is 0 Å². The van der Waals surface area contributed by atoms with Crippen molar-refractivity contribution in [3.63, 3.8) is 0 Å². The number of carbonyl (C=O) groups is 2. The van der Waals surface area contributed by atoms with Gasteiger partial charge in [-0.1, -0.05) is 13.8 Å². The molecule has 0 saturated carbocycles. The zero-order valence-corrected chi connectivity index (χ0v) is 12.2. The first-order valence-electron chi connectivity index (χ1n) is 6.41. The normalized spacial score (nSPS) is 14.9. The van der Waals surface area contributed by atoms with E-state index in [2.05, 4.69) is 5.32 Å². The van der Waals surface area contributed by atoms with Crippen molar-refractivity contribution in [2.75, 3.05) is 7.05 Å². The molecule has 106 valence electrons. The average Bonchev–Trinajstić information content (AvgIpc) is 2.24. The van der Waals surface area contributed by atoms with Crippen molar-refractivity contribution < 1.29 is 14.7 Å². The third-order valence-corrected chi connectivity index (χ3v) is 3.13. The first kappa shape index (κ1) is 16.9. The first-order chi connectivity index (χ1) is 8.16. The number of hydrogen-bond donors (Lipinski definition) is 2. The van der Waals surface area contributed by atoms with Gasteiger partial charge in [0, 0.05) is 6.04 Å². The van der Waals surface area contributed by atoms with Crippen LogP contribution in [0.5, 0.6) is 0 Å². The Balaban J connectivity index is 4.55. The maximum atomic E-state index is 12.0. The maximum Gasteiger partial charge on any atom is 0.326 e. The minimum Gasteiger partial charge on any atom is -0.480 e. The second-order valence-electron chi connectivity index (χ2n) is 5.46. The number of nitrogens with zero attached hydrogens (tertiary/aromatic N) is 1. The number of carboxylic acids is 1. The summed E-state index contributed by atoms with van der Waals surface area (Å²) in [7, 11) is 1.85. The summed E-state index contributed by atoms with van der Waals surface area (Å²) >= 11 is 0. The van der Waals surface area contributed by atoms with Crippen molar-refractivity contribution in [2.45, 2.75) is 59.2 Å². The number of amides is 1. The highest BCUT2D eigenvalue weighted by Gasteiger charge is 2.26. The smallest absolute Gasteiger partial charge is 0.326 e. The van der Waals surface area contributed by atoms with Gasteiger partial charge in [-0.15, -0.1) is 0 Å². The molecule has 18 heavy (non-hydrogen) atoms. The molecule has 0 aromatic carbocycles. The van der Waals surface area contributed by atoms with E-state index in [1.165, 1.54) is 0 Å². The Morgan fingerprint density at radius 3 is 2.00 bits per heavy atom. The number of likely N-dealkylation sites (N-methyl/N-ethyl adjacent to an activating group) is 1. The summed E-state index contributed by atoms with van der Waals surface area (Å²) in [6.07, 6.45) is 0.444. The lowest BCUT2D eigenvalue weighted by atomic mass is 10.0. The molecular weight excluding hydrogens is 232 g/mol. The van der Waals surface area contributed by atoms with E-state index in [1.807, 2.05) is 39.6 Å². The molecule has 0 rings (SSSR count). The molecule has 0 aliphatic carbocycles. The van der Waals surface area contributed by atoms with Crippen molar-refractivity contribution in [1.82, 2.24) is 10.2 Å². The number of carboxylic acid groups (broad SMARTS) is 1. The van der Waals surface area contributed by atoms with E-state index < -0.39 is 12.0 Å². The third-order valence-electron chi connectivity index (χ3n) is 3.13. The van der Waals surface area contributed by atoms with Gasteiger partial charge < -0.3 is 10.4 Å². The standard InChI is InChI=1S/C13H26N2O3/c1-8(2)7-11(13(17)18)14-12(16)10(5)15(6)9(3)4/h8-11H,7H2,1-6H3,(H,14,16)(H,17,18). The Morgan fingerprint density at radius 2 is 1.67 bits per heavy atom. The molecular formula is C13H26N2O3. The molecule has 2 unspecified atom stereocenters. The molecule has 0 aliphatic rings.